The summed E-state index contributed by atoms with van der Waals surface area (Å²) in [6, 6.07) is 20.4. The molecule has 2 aromatic rings. The molecule has 4 heteroatoms. The van der Waals surface area contributed by atoms with Gasteiger partial charge >= 0.3 is 0 Å². The fourth-order valence-electron chi connectivity index (χ4n) is 3.34. The van der Waals surface area contributed by atoms with E-state index in [9.17, 15) is 0 Å². The van der Waals surface area contributed by atoms with Gasteiger partial charge in [-0.3, -0.25) is 0 Å². The average molecular weight is 388 g/mol. The molecule has 0 unspecified atom stereocenters. The second kappa shape index (κ2) is 8.82. The number of allylic oxidation sites excluding steroid dienone is 6. The topological polar surface area (TPSA) is 54.1 Å². The lowest BCUT2D eigenvalue weighted by Gasteiger charge is -2.22. The number of hydrogen-bond donors (Lipinski definition) is 0. The Balaban J connectivity index is 1.43. The summed E-state index contributed by atoms with van der Waals surface area (Å²) in [6.45, 7) is 0. The molecule has 0 bridgehead atoms. The lowest BCUT2D eigenvalue weighted by molar-refractivity contribution is 1.21. The summed E-state index contributed by atoms with van der Waals surface area (Å²) >= 11 is 0. The van der Waals surface area contributed by atoms with Crippen LogP contribution in [0.4, 0.5) is 11.4 Å². The minimum absolute atomic E-state index is 0.432. The van der Waals surface area contributed by atoms with Gasteiger partial charge in [-0.05, 0) is 70.8 Å². The smallest absolute Gasteiger partial charge is 0.0669 e. The van der Waals surface area contributed by atoms with E-state index in [1.165, 1.54) is 0 Å². The van der Waals surface area contributed by atoms with Gasteiger partial charge in [0.2, 0.25) is 0 Å². The van der Waals surface area contributed by atoms with E-state index in [0.717, 1.165) is 33.6 Å². The Bertz CT molecular complexity index is 1020. The monoisotopic (exact) mass is 388 g/mol. The first-order chi connectivity index (χ1) is 14.8. The van der Waals surface area contributed by atoms with Crippen molar-refractivity contribution in [1.29, 1.82) is 10.5 Å². The van der Waals surface area contributed by atoms with Gasteiger partial charge in [0.25, 0.3) is 0 Å². The minimum Gasteiger partial charge on any atom is -0.324 e. The normalized spacial score (nSPS) is 14.7. The molecule has 30 heavy (non-hydrogen) atoms. The van der Waals surface area contributed by atoms with E-state index >= 15 is 0 Å². The van der Waals surface area contributed by atoms with Crippen LogP contribution in [0.15, 0.2) is 109 Å². The van der Waals surface area contributed by atoms with Crippen molar-refractivity contribution in [3.05, 3.63) is 120 Å². The van der Waals surface area contributed by atoms with Crippen molar-refractivity contribution >= 4 is 11.4 Å². The number of nitriles is 2. The predicted octanol–water partition coefficient (Wildman–Crippen LogP) is 5.51. The molecule has 2 aliphatic heterocycles. The second-order valence-electron chi connectivity index (χ2n) is 6.99. The van der Waals surface area contributed by atoms with Crippen LogP contribution in [-0.4, -0.2) is 0 Å². The number of hydrogen-bond acceptors (Lipinski definition) is 4. The Labute approximate surface area is 176 Å². The Morgan fingerprint density at radius 2 is 0.867 bits per heavy atom. The van der Waals surface area contributed by atoms with Crippen molar-refractivity contribution < 1.29 is 0 Å². The van der Waals surface area contributed by atoms with Crippen LogP contribution in [0.5, 0.6) is 0 Å². The molecule has 0 radical (unpaired) electrons. The zero-order valence-corrected chi connectivity index (χ0v) is 16.4. The molecule has 2 heterocycles. The van der Waals surface area contributed by atoms with Crippen LogP contribution in [-0.2, 0) is 12.8 Å². The van der Waals surface area contributed by atoms with E-state index in [0.29, 0.717) is 12.8 Å². The lowest BCUT2D eigenvalue weighted by atomic mass is 10.0. The molecular weight excluding hydrogens is 368 g/mol. The van der Waals surface area contributed by atoms with Gasteiger partial charge < -0.3 is 9.80 Å². The van der Waals surface area contributed by atoms with Gasteiger partial charge in [-0.15, -0.1) is 0 Å². The number of benzene rings is 2. The summed E-state index contributed by atoms with van der Waals surface area (Å²) in [4.78, 5) is 4.12. The maximum absolute atomic E-state index is 8.79. The summed E-state index contributed by atoms with van der Waals surface area (Å²) < 4.78 is 0. The first kappa shape index (κ1) is 19.1. The van der Waals surface area contributed by atoms with Crippen LogP contribution in [0, 0.1) is 22.7 Å². The van der Waals surface area contributed by atoms with Gasteiger partial charge in [0, 0.05) is 36.2 Å². The van der Waals surface area contributed by atoms with E-state index in [1.807, 2.05) is 73.3 Å². The van der Waals surface area contributed by atoms with Crippen LogP contribution in [0.1, 0.15) is 11.1 Å². The predicted molar refractivity (Wildman–Crippen MR) is 120 cm³/mol. The van der Waals surface area contributed by atoms with E-state index in [4.69, 9.17) is 10.5 Å². The molecular formula is C26H20N4. The van der Waals surface area contributed by atoms with Gasteiger partial charge in [0.05, 0.1) is 25.0 Å². The molecule has 0 aliphatic carbocycles. The Morgan fingerprint density at radius 3 is 1.17 bits per heavy atom. The highest BCUT2D eigenvalue weighted by atomic mass is 15.1. The molecule has 4 rings (SSSR count). The summed E-state index contributed by atoms with van der Waals surface area (Å²) in [7, 11) is 0. The van der Waals surface area contributed by atoms with E-state index < -0.39 is 0 Å². The van der Waals surface area contributed by atoms with E-state index in [-0.39, 0.29) is 0 Å². The third-order valence-corrected chi connectivity index (χ3v) is 5.03. The summed E-state index contributed by atoms with van der Waals surface area (Å²) in [5.41, 5.74) is 6.46. The molecule has 0 spiro atoms. The van der Waals surface area contributed by atoms with Crippen molar-refractivity contribution in [3.8, 4) is 12.1 Å². The molecule has 0 N–H and O–H groups in total. The molecule has 0 fully saturated rings. The number of anilines is 2. The third kappa shape index (κ3) is 4.24. The highest BCUT2D eigenvalue weighted by Gasteiger charge is 2.09. The highest BCUT2D eigenvalue weighted by molar-refractivity contribution is 5.62. The largest absolute Gasteiger partial charge is 0.324 e. The Kier molecular flexibility index (Phi) is 5.60. The van der Waals surface area contributed by atoms with Gasteiger partial charge in [0.15, 0.2) is 0 Å². The van der Waals surface area contributed by atoms with Crippen molar-refractivity contribution in [1.82, 2.24) is 0 Å². The van der Waals surface area contributed by atoms with Crippen LogP contribution in [0.2, 0.25) is 0 Å². The maximum Gasteiger partial charge on any atom is 0.0669 e. The van der Waals surface area contributed by atoms with Crippen LogP contribution in [0.25, 0.3) is 0 Å². The summed E-state index contributed by atoms with van der Waals surface area (Å²) in [5, 5.41) is 17.6. The first-order valence-corrected chi connectivity index (χ1v) is 9.72. The molecule has 0 saturated carbocycles. The van der Waals surface area contributed by atoms with Crippen molar-refractivity contribution in [3.63, 3.8) is 0 Å². The quantitative estimate of drug-likeness (QED) is 0.693. The zero-order valence-electron chi connectivity index (χ0n) is 16.4. The SMILES string of the molecule is N#CCc1ccc(N2C=CC(=C3C=CN(c4ccc(CC#N)cc4)C=C3)C=C2)cc1. The third-order valence-electron chi connectivity index (χ3n) is 5.03. The van der Waals surface area contributed by atoms with Crippen LogP contribution < -0.4 is 9.80 Å². The maximum atomic E-state index is 8.79. The van der Waals surface area contributed by atoms with Crippen molar-refractivity contribution in [2.24, 2.45) is 0 Å². The summed E-state index contributed by atoms with van der Waals surface area (Å²) in [6.07, 6.45) is 17.4. The molecule has 0 saturated heterocycles. The molecule has 2 aromatic carbocycles. The Hall–Kier alpha value is -4.28. The fraction of sp³-hybridized carbons (Fsp3) is 0.0769. The fourth-order valence-corrected chi connectivity index (χ4v) is 3.34. The van der Waals surface area contributed by atoms with Crippen molar-refractivity contribution in [2.45, 2.75) is 12.8 Å². The van der Waals surface area contributed by atoms with Crippen LogP contribution in [0.3, 0.4) is 0 Å². The van der Waals surface area contributed by atoms with Crippen molar-refractivity contribution in [2.75, 3.05) is 9.80 Å². The number of rotatable bonds is 4. The van der Waals surface area contributed by atoms with Crippen LogP contribution >= 0.6 is 0 Å². The highest BCUT2D eigenvalue weighted by Crippen LogP contribution is 2.25. The lowest BCUT2D eigenvalue weighted by Crippen LogP contribution is -2.12. The zero-order chi connectivity index (χ0) is 20.8. The molecule has 0 amide bonds. The summed E-state index contributed by atoms with van der Waals surface area (Å²) in [5.74, 6) is 0. The Morgan fingerprint density at radius 1 is 0.533 bits per heavy atom. The minimum atomic E-state index is 0.432. The average Bonchev–Trinajstić information content (AvgIpc) is 2.81. The molecule has 0 atom stereocenters. The van der Waals surface area contributed by atoms with Gasteiger partial charge in [-0.2, -0.15) is 10.5 Å². The second-order valence-corrected chi connectivity index (χ2v) is 6.99. The molecule has 2 aliphatic rings. The van der Waals surface area contributed by atoms with Gasteiger partial charge in [0.1, 0.15) is 0 Å². The number of nitrogens with zero attached hydrogens (tertiary/aromatic N) is 4. The first-order valence-electron chi connectivity index (χ1n) is 9.72. The molecule has 144 valence electrons. The van der Waals surface area contributed by atoms with Gasteiger partial charge in [-0.25, -0.2) is 0 Å². The van der Waals surface area contributed by atoms with Gasteiger partial charge in [-0.1, -0.05) is 24.3 Å². The standard InChI is InChI=1S/C26H20N4/c27-15-9-21-1-5-25(6-2-21)29-17-11-23(12-18-29)24-13-19-30(20-14-24)26-7-3-22(4-8-26)10-16-28/h1-8,11-14,17-20H,9-10H2. The van der Waals surface area contributed by atoms with E-state index in [2.05, 4.69) is 46.2 Å². The molecule has 0 aromatic heterocycles. The van der Waals surface area contributed by atoms with E-state index in [1.54, 1.807) is 0 Å². The molecule has 4 nitrogen and oxygen atoms in total.